The molecule has 1 aliphatic heterocycles. The maximum atomic E-state index is 6.52. The molecule has 0 saturated carbocycles. The maximum absolute atomic E-state index is 6.52. The lowest BCUT2D eigenvalue weighted by atomic mass is 10.0. The summed E-state index contributed by atoms with van der Waals surface area (Å²) in [4.78, 5) is 5.11. The Bertz CT molecular complexity index is 2350. The van der Waals surface area contributed by atoms with Gasteiger partial charge in [0.05, 0.1) is 0 Å². The number of furan rings is 1. The van der Waals surface area contributed by atoms with E-state index in [0.29, 0.717) is 0 Å². The van der Waals surface area contributed by atoms with Crippen LogP contribution >= 0.6 is 11.3 Å². The van der Waals surface area contributed by atoms with Gasteiger partial charge in [0.15, 0.2) is 0 Å². The molecule has 2 aromatic heterocycles. The number of aliphatic imine (C=N–C) groups is 1. The number of nitrogens with one attached hydrogen (secondary N) is 2. The van der Waals surface area contributed by atoms with Gasteiger partial charge in [0, 0.05) is 36.5 Å². The first kappa shape index (κ1) is 25.3. The summed E-state index contributed by atoms with van der Waals surface area (Å²) in [6.07, 6.45) is -0.259. The fourth-order valence-corrected chi connectivity index (χ4v) is 7.42. The third kappa shape index (κ3) is 4.29. The van der Waals surface area contributed by atoms with E-state index in [0.717, 1.165) is 50.0 Å². The maximum Gasteiger partial charge on any atom is 0.136 e. The minimum absolute atomic E-state index is 0.0829. The third-order valence-electron chi connectivity index (χ3n) is 8.57. The van der Waals surface area contributed by atoms with E-state index in [2.05, 4.69) is 138 Å². The number of hydrogen-bond acceptors (Lipinski definition) is 5. The second-order valence-electron chi connectivity index (χ2n) is 11.3. The van der Waals surface area contributed by atoms with Crippen molar-refractivity contribution in [1.82, 2.24) is 10.6 Å². The molecule has 9 rings (SSSR count). The highest BCUT2D eigenvalue weighted by atomic mass is 32.1. The summed E-state index contributed by atoms with van der Waals surface area (Å²) in [6.45, 7) is 0. The van der Waals surface area contributed by atoms with Crippen molar-refractivity contribution in [3.05, 3.63) is 156 Å². The summed E-state index contributed by atoms with van der Waals surface area (Å²) in [7, 11) is 0. The Balaban J connectivity index is 1.10. The number of thiophene rings is 1. The molecule has 0 saturated heterocycles. The van der Waals surface area contributed by atoms with Gasteiger partial charge in [-0.15, -0.1) is 11.3 Å². The van der Waals surface area contributed by atoms with Crippen LogP contribution in [-0.4, -0.2) is 5.84 Å². The Morgan fingerprint density at radius 3 is 1.93 bits per heavy atom. The summed E-state index contributed by atoms with van der Waals surface area (Å²) in [5.41, 5.74) is 7.35. The molecule has 4 nitrogen and oxygen atoms in total. The molecule has 0 fully saturated rings. The highest BCUT2D eigenvalue weighted by Gasteiger charge is 2.25. The molecule has 44 heavy (non-hydrogen) atoms. The van der Waals surface area contributed by atoms with Crippen molar-refractivity contribution in [1.29, 1.82) is 0 Å². The Kier molecular flexibility index (Phi) is 5.86. The van der Waals surface area contributed by atoms with Gasteiger partial charge in [0.25, 0.3) is 0 Å². The van der Waals surface area contributed by atoms with Gasteiger partial charge in [-0.25, -0.2) is 4.99 Å². The van der Waals surface area contributed by atoms with Crippen molar-refractivity contribution in [2.24, 2.45) is 4.99 Å². The summed E-state index contributed by atoms with van der Waals surface area (Å²) >= 11 is 1.84. The molecule has 6 aromatic carbocycles. The molecule has 2 N–H and O–H groups in total. The zero-order valence-electron chi connectivity index (χ0n) is 23.7. The first-order chi connectivity index (χ1) is 21.8. The number of benzene rings is 6. The second kappa shape index (κ2) is 10.2. The molecule has 2 unspecified atom stereocenters. The molecule has 0 spiro atoms. The van der Waals surface area contributed by atoms with E-state index in [1.807, 2.05) is 23.5 Å². The third-order valence-corrected chi connectivity index (χ3v) is 9.72. The smallest absolute Gasteiger partial charge is 0.136 e. The van der Waals surface area contributed by atoms with Crippen molar-refractivity contribution < 1.29 is 4.42 Å². The fraction of sp³-hybridized carbons (Fsp3) is 0.0513. The summed E-state index contributed by atoms with van der Waals surface area (Å²) in [6, 6.07) is 49.2. The summed E-state index contributed by atoms with van der Waals surface area (Å²) < 4.78 is 9.15. The van der Waals surface area contributed by atoms with Gasteiger partial charge in [-0.2, -0.15) is 0 Å². The molecule has 210 valence electrons. The van der Waals surface area contributed by atoms with Crippen molar-refractivity contribution in [3.8, 4) is 11.1 Å². The van der Waals surface area contributed by atoms with Crippen LogP contribution in [0.2, 0.25) is 0 Å². The SMILES string of the molecule is c1ccc(C2N=C(c3ccc4c(c3)oc3cc(-c5ccc6sc7ccccc7c6c5)ccc34)NC(c3ccccc3)N2)cc1. The molecule has 0 amide bonds. The quantitative estimate of drug-likeness (QED) is 0.216. The second-order valence-corrected chi connectivity index (χ2v) is 12.4. The summed E-state index contributed by atoms with van der Waals surface area (Å²) in [5.74, 6) is 0.839. The van der Waals surface area contributed by atoms with Crippen molar-refractivity contribution >= 4 is 59.3 Å². The van der Waals surface area contributed by atoms with Gasteiger partial charge in [0.2, 0.25) is 0 Å². The first-order valence-corrected chi connectivity index (χ1v) is 15.7. The molecule has 2 atom stereocenters. The van der Waals surface area contributed by atoms with Crippen LogP contribution in [0.15, 0.2) is 149 Å². The average molecular weight is 586 g/mol. The van der Waals surface area contributed by atoms with Crippen molar-refractivity contribution in [2.75, 3.05) is 0 Å². The van der Waals surface area contributed by atoms with Crippen LogP contribution < -0.4 is 10.6 Å². The largest absolute Gasteiger partial charge is 0.456 e. The zero-order chi connectivity index (χ0) is 29.0. The van der Waals surface area contributed by atoms with Crippen molar-refractivity contribution in [3.63, 3.8) is 0 Å². The lowest BCUT2D eigenvalue weighted by molar-refractivity contribution is 0.409. The molecular weight excluding hydrogens is 559 g/mol. The number of hydrogen-bond donors (Lipinski definition) is 2. The van der Waals surface area contributed by atoms with Gasteiger partial charge < -0.3 is 9.73 Å². The highest BCUT2D eigenvalue weighted by molar-refractivity contribution is 7.25. The Labute approximate surface area is 258 Å². The minimum Gasteiger partial charge on any atom is -0.456 e. The molecule has 0 radical (unpaired) electrons. The van der Waals surface area contributed by atoms with Gasteiger partial charge >= 0.3 is 0 Å². The van der Waals surface area contributed by atoms with E-state index < -0.39 is 0 Å². The van der Waals surface area contributed by atoms with Crippen LogP contribution in [0.4, 0.5) is 0 Å². The molecule has 0 bridgehead atoms. The fourth-order valence-electron chi connectivity index (χ4n) is 6.34. The molecule has 5 heteroatoms. The van der Waals surface area contributed by atoms with Crippen LogP contribution in [0, 0.1) is 0 Å². The highest BCUT2D eigenvalue weighted by Crippen LogP contribution is 2.38. The summed E-state index contributed by atoms with van der Waals surface area (Å²) in [5, 5.41) is 12.1. The number of amidine groups is 1. The lowest BCUT2D eigenvalue weighted by Gasteiger charge is -2.32. The van der Waals surface area contributed by atoms with Crippen LogP contribution in [0.25, 0.3) is 53.2 Å². The molecule has 8 aromatic rings. The number of nitrogens with zero attached hydrogens (tertiary/aromatic N) is 1. The normalized spacial score (nSPS) is 16.9. The van der Waals surface area contributed by atoms with E-state index >= 15 is 0 Å². The minimum atomic E-state index is -0.177. The Morgan fingerprint density at radius 1 is 0.523 bits per heavy atom. The van der Waals surface area contributed by atoms with E-state index in [1.54, 1.807) is 0 Å². The molecule has 3 heterocycles. The van der Waals surface area contributed by atoms with Gasteiger partial charge in [-0.05, 0) is 64.7 Å². The van der Waals surface area contributed by atoms with Crippen molar-refractivity contribution in [2.45, 2.75) is 12.3 Å². The standard InChI is InChI=1S/C39H27N3OS/c1-3-9-24(10-4-1)37-40-38(25-11-5-2-6-12-25)42-39(41-37)28-16-19-30-29-18-15-27(22-33(29)43-34(30)23-28)26-17-20-36-32(21-26)31-13-7-8-14-35(31)44-36/h1-23,37-38,40H,(H,41,42). The van der Waals surface area contributed by atoms with E-state index in [-0.39, 0.29) is 12.3 Å². The van der Waals surface area contributed by atoms with E-state index in [1.165, 1.54) is 25.7 Å². The molecular formula is C39H27N3OS. The number of rotatable bonds is 4. The molecule has 0 aliphatic carbocycles. The molecule has 1 aliphatic rings. The van der Waals surface area contributed by atoms with Crippen LogP contribution in [0.5, 0.6) is 0 Å². The van der Waals surface area contributed by atoms with Crippen LogP contribution in [-0.2, 0) is 0 Å². The average Bonchev–Trinajstić information content (AvgIpc) is 3.66. The zero-order valence-corrected chi connectivity index (χ0v) is 24.5. The topological polar surface area (TPSA) is 49.6 Å². The van der Waals surface area contributed by atoms with Crippen LogP contribution in [0.1, 0.15) is 29.0 Å². The van der Waals surface area contributed by atoms with Crippen LogP contribution in [0.3, 0.4) is 0 Å². The Hall–Kier alpha value is -5.23. The van der Waals surface area contributed by atoms with Gasteiger partial charge in [-0.3, -0.25) is 5.32 Å². The number of fused-ring (bicyclic) bond motifs is 6. The van der Waals surface area contributed by atoms with Gasteiger partial charge in [0.1, 0.15) is 29.3 Å². The monoisotopic (exact) mass is 585 g/mol. The van der Waals surface area contributed by atoms with Gasteiger partial charge in [-0.1, -0.05) is 97.1 Å². The lowest BCUT2D eigenvalue weighted by Crippen LogP contribution is -2.44. The first-order valence-electron chi connectivity index (χ1n) is 14.9. The predicted molar refractivity (Wildman–Crippen MR) is 183 cm³/mol. The van der Waals surface area contributed by atoms with E-state index in [9.17, 15) is 0 Å². The Morgan fingerprint density at radius 2 is 1.14 bits per heavy atom. The predicted octanol–water partition coefficient (Wildman–Crippen LogP) is 9.96. The van der Waals surface area contributed by atoms with E-state index in [4.69, 9.17) is 9.41 Å².